The number of phenols is 1. The molecule has 0 unspecified atom stereocenters. The number of rotatable bonds is 5. The number of aromatic nitrogens is 3. The summed E-state index contributed by atoms with van der Waals surface area (Å²) in [5, 5.41) is 17.6. The summed E-state index contributed by atoms with van der Waals surface area (Å²) in [5.41, 5.74) is 8.69. The van der Waals surface area contributed by atoms with Crippen molar-refractivity contribution >= 4 is 34.5 Å². The summed E-state index contributed by atoms with van der Waals surface area (Å²) in [6.45, 7) is 5.65. The second-order valence-corrected chi connectivity index (χ2v) is 5.89. The van der Waals surface area contributed by atoms with Gasteiger partial charge < -0.3 is 15.7 Å². The average Bonchev–Trinajstić information content (AvgIpc) is 2.67. The fourth-order valence-corrected chi connectivity index (χ4v) is 2.21. The number of nitrogens with two attached hydrogens (primary N) is 1. The summed E-state index contributed by atoms with van der Waals surface area (Å²) in [6, 6.07) is 13.9. The van der Waals surface area contributed by atoms with Gasteiger partial charge in [-0.3, -0.25) is 0 Å². The Morgan fingerprint density at radius 3 is 2.07 bits per heavy atom. The molecule has 8 heteroatoms. The first kappa shape index (κ1) is 18.0. The zero-order valence-electron chi connectivity index (χ0n) is 15.0. The molecule has 8 nitrogen and oxygen atoms in total. The van der Waals surface area contributed by atoms with E-state index in [-0.39, 0.29) is 11.7 Å². The molecule has 0 fully saturated rings. The zero-order valence-corrected chi connectivity index (χ0v) is 15.0. The molecule has 136 valence electrons. The van der Waals surface area contributed by atoms with Crippen LogP contribution < -0.4 is 10.6 Å². The lowest BCUT2D eigenvalue weighted by Crippen LogP contribution is -2.15. The molecule has 0 amide bonds. The van der Waals surface area contributed by atoms with Gasteiger partial charge in [-0.2, -0.15) is 25.2 Å². The number of azo groups is 1. The normalized spacial score (nSPS) is 10.9. The minimum Gasteiger partial charge on any atom is -0.508 e. The topological polar surface area (TPSA) is 113 Å². The van der Waals surface area contributed by atoms with Crippen LogP contribution in [0.5, 0.6) is 5.75 Å². The summed E-state index contributed by atoms with van der Waals surface area (Å²) in [5.74, 6) is 1.22. The van der Waals surface area contributed by atoms with Crippen LogP contribution in [-0.2, 0) is 0 Å². The SMILES string of the molecule is C=C(C)c1nc(N)nc(N(C)c2ccc(/N=N/c3ccc(O)cc3)cc2)n1. The number of nitrogens with zero attached hydrogens (tertiary/aromatic N) is 6. The van der Waals surface area contributed by atoms with Crippen LogP contribution in [0.2, 0.25) is 0 Å². The fraction of sp³-hybridized carbons (Fsp3) is 0.105. The maximum Gasteiger partial charge on any atom is 0.234 e. The lowest BCUT2D eigenvalue weighted by atomic mass is 10.2. The Balaban J connectivity index is 1.78. The highest BCUT2D eigenvalue weighted by Crippen LogP contribution is 2.26. The van der Waals surface area contributed by atoms with Gasteiger partial charge in [0, 0.05) is 12.7 Å². The van der Waals surface area contributed by atoms with E-state index in [0.29, 0.717) is 28.7 Å². The molecule has 0 spiro atoms. The highest BCUT2D eigenvalue weighted by Gasteiger charge is 2.11. The third-order valence-electron chi connectivity index (χ3n) is 3.69. The van der Waals surface area contributed by atoms with Crippen LogP contribution in [0.1, 0.15) is 12.7 Å². The smallest absolute Gasteiger partial charge is 0.234 e. The summed E-state index contributed by atoms with van der Waals surface area (Å²) in [7, 11) is 1.84. The molecule has 3 rings (SSSR count). The molecule has 2 aromatic carbocycles. The molecule has 0 aliphatic rings. The third kappa shape index (κ3) is 4.43. The van der Waals surface area contributed by atoms with Crippen molar-refractivity contribution in [2.45, 2.75) is 6.92 Å². The van der Waals surface area contributed by atoms with Gasteiger partial charge in [-0.15, -0.1) is 0 Å². The third-order valence-corrected chi connectivity index (χ3v) is 3.69. The number of benzene rings is 2. The highest BCUT2D eigenvalue weighted by atomic mass is 16.3. The summed E-state index contributed by atoms with van der Waals surface area (Å²) in [4.78, 5) is 14.4. The molecule has 0 atom stereocenters. The zero-order chi connectivity index (χ0) is 19.4. The number of allylic oxidation sites excluding steroid dienone is 1. The number of phenolic OH excluding ortho intramolecular Hbond substituents is 1. The van der Waals surface area contributed by atoms with Crippen molar-refractivity contribution in [3.8, 4) is 5.75 Å². The largest absolute Gasteiger partial charge is 0.508 e. The molecule has 0 aliphatic heterocycles. The number of aromatic hydroxyl groups is 1. The standard InChI is InChI=1S/C19H19N7O/c1-12(2)17-21-18(20)23-19(22-17)26(3)15-8-4-13(5-9-15)24-25-14-6-10-16(27)11-7-14/h4-11,27H,1H2,2-3H3,(H2,20,21,22,23)/b25-24+. The van der Waals surface area contributed by atoms with E-state index in [1.165, 1.54) is 0 Å². The lowest BCUT2D eigenvalue weighted by molar-refractivity contribution is 0.475. The molecule has 0 radical (unpaired) electrons. The molecular formula is C19H19N7O. The van der Waals surface area contributed by atoms with Gasteiger partial charge in [-0.1, -0.05) is 6.58 Å². The molecule has 0 aliphatic carbocycles. The first-order chi connectivity index (χ1) is 12.9. The van der Waals surface area contributed by atoms with E-state index < -0.39 is 0 Å². The van der Waals surface area contributed by atoms with Crippen LogP contribution >= 0.6 is 0 Å². The van der Waals surface area contributed by atoms with Crippen LogP contribution in [0, 0.1) is 0 Å². The second kappa shape index (κ2) is 7.61. The van der Waals surface area contributed by atoms with Crippen molar-refractivity contribution in [3.63, 3.8) is 0 Å². The Bertz CT molecular complexity index is 982. The van der Waals surface area contributed by atoms with Crippen molar-refractivity contribution in [1.82, 2.24) is 15.0 Å². The van der Waals surface area contributed by atoms with Crippen molar-refractivity contribution in [3.05, 3.63) is 60.9 Å². The maximum absolute atomic E-state index is 9.28. The van der Waals surface area contributed by atoms with Crippen molar-refractivity contribution < 1.29 is 5.11 Å². The lowest BCUT2D eigenvalue weighted by Gasteiger charge is -2.17. The predicted octanol–water partition coefficient (Wildman–Crippen LogP) is 4.38. The van der Waals surface area contributed by atoms with Crippen molar-refractivity contribution in [2.75, 3.05) is 17.7 Å². The molecule has 1 aromatic heterocycles. The van der Waals surface area contributed by atoms with E-state index in [0.717, 1.165) is 5.69 Å². The minimum atomic E-state index is 0.143. The van der Waals surface area contributed by atoms with Gasteiger partial charge in [0.15, 0.2) is 5.82 Å². The van der Waals surface area contributed by atoms with E-state index in [4.69, 9.17) is 5.73 Å². The number of hydrogen-bond donors (Lipinski definition) is 2. The second-order valence-electron chi connectivity index (χ2n) is 5.89. The molecule has 0 saturated carbocycles. The Morgan fingerprint density at radius 2 is 1.52 bits per heavy atom. The monoisotopic (exact) mass is 361 g/mol. The van der Waals surface area contributed by atoms with Crippen molar-refractivity contribution in [1.29, 1.82) is 0 Å². The Hall–Kier alpha value is -3.81. The van der Waals surface area contributed by atoms with Gasteiger partial charge in [-0.05, 0) is 61.0 Å². The first-order valence-corrected chi connectivity index (χ1v) is 8.14. The molecule has 0 bridgehead atoms. The van der Waals surface area contributed by atoms with Gasteiger partial charge in [0.05, 0.1) is 11.4 Å². The predicted molar refractivity (Wildman–Crippen MR) is 106 cm³/mol. The van der Waals surface area contributed by atoms with Gasteiger partial charge in [0.2, 0.25) is 11.9 Å². The molecule has 27 heavy (non-hydrogen) atoms. The molecule has 0 saturated heterocycles. The Kier molecular flexibility index (Phi) is 5.07. The van der Waals surface area contributed by atoms with Gasteiger partial charge in [0.25, 0.3) is 0 Å². The summed E-state index contributed by atoms with van der Waals surface area (Å²) in [6.07, 6.45) is 0. The van der Waals surface area contributed by atoms with E-state index >= 15 is 0 Å². The average molecular weight is 361 g/mol. The Labute approximate surface area is 156 Å². The molecular weight excluding hydrogens is 342 g/mol. The quantitative estimate of drug-likeness (QED) is 0.652. The van der Waals surface area contributed by atoms with E-state index in [9.17, 15) is 5.11 Å². The maximum atomic E-state index is 9.28. The number of nitrogen functional groups attached to an aromatic ring is 1. The highest BCUT2D eigenvalue weighted by molar-refractivity contribution is 5.62. The van der Waals surface area contributed by atoms with Gasteiger partial charge in [-0.25, -0.2) is 0 Å². The van der Waals surface area contributed by atoms with E-state index in [2.05, 4.69) is 31.8 Å². The van der Waals surface area contributed by atoms with Crippen LogP contribution in [-0.4, -0.2) is 27.1 Å². The molecule has 3 aromatic rings. The minimum absolute atomic E-state index is 0.143. The summed E-state index contributed by atoms with van der Waals surface area (Å²) >= 11 is 0. The van der Waals surface area contributed by atoms with Gasteiger partial charge in [0.1, 0.15) is 5.75 Å². The van der Waals surface area contributed by atoms with Crippen LogP contribution in [0.3, 0.4) is 0 Å². The van der Waals surface area contributed by atoms with Crippen molar-refractivity contribution in [2.24, 2.45) is 10.2 Å². The molecule has 1 heterocycles. The van der Waals surface area contributed by atoms with Crippen LogP contribution in [0.15, 0.2) is 65.3 Å². The van der Waals surface area contributed by atoms with E-state index in [1.807, 2.05) is 38.2 Å². The van der Waals surface area contributed by atoms with E-state index in [1.54, 1.807) is 29.2 Å². The van der Waals surface area contributed by atoms with Gasteiger partial charge >= 0.3 is 0 Å². The Morgan fingerprint density at radius 1 is 0.963 bits per heavy atom. The number of anilines is 3. The number of hydrogen-bond acceptors (Lipinski definition) is 8. The summed E-state index contributed by atoms with van der Waals surface area (Å²) < 4.78 is 0. The molecule has 3 N–H and O–H groups in total. The first-order valence-electron chi connectivity index (χ1n) is 8.14. The fourth-order valence-electron chi connectivity index (χ4n) is 2.21. The van der Waals surface area contributed by atoms with Crippen LogP contribution in [0.25, 0.3) is 5.57 Å². The van der Waals surface area contributed by atoms with Crippen LogP contribution in [0.4, 0.5) is 29.0 Å².